The van der Waals surface area contributed by atoms with Gasteiger partial charge in [-0.3, -0.25) is 0 Å². The number of ether oxygens (including phenoxy) is 3. The number of hydrogen-bond acceptors (Lipinski definition) is 3. The molecule has 0 bridgehead atoms. The van der Waals surface area contributed by atoms with Gasteiger partial charge in [0, 0.05) is 6.61 Å². The van der Waals surface area contributed by atoms with Crippen molar-refractivity contribution in [2.24, 2.45) is 0 Å². The largest absolute Gasteiger partial charge is 0.379 e. The monoisotopic (exact) mass is 174 g/mol. The third-order valence-electron chi connectivity index (χ3n) is 1.92. The van der Waals surface area contributed by atoms with E-state index in [1.54, 1.807) is 0 Å². The lowest BCUT2D eigenvalue weighted by Crippen LogP contribution is -2.03. The molecule has 0 N–H and O–H groups in total. The van der Waals surface area contributed by atoms with Crippen molar-refractivity contribution in [3.8, 4) is 0 Å². The fraction of sp³-hybridized carbons (Fsp3) is 1.00. The highest BCUT2D eigenvalue weighted by Crippen LogP contribution is 2.15. The van der Waals surface area contributed by atoms with Crippen LogP contribution < -0.4 is 0 Å². The molecule has 2 aliphatic rings. The third-order valence-corrected chi connectivity index (χ3v) is 1.92. The van der Waals surface area contributed by atoms with E-state index in [1.807, 2.05) is 0 Å². The number of hydrogen-bond donors (Lipinski definition) is 0. The van der Waals surface area contributed by atoms with Crippen LogP contribution in [0.2, 0.25) is 0 Å². The van der Waals surface area contributed by atoms with Gasteiger partial charge in [-0.15, -0.1) is 0 Å². The lowest BCUT2D eigenvalue weighted by molar-refractivity contribution is 0.112. The minimum atomic E-state index is 0. The zero-order valence-corrected chi connectivity index (χ0v) is 6.62. The van der Waals surface area contributed by atoms with Gasteiger partial charge in [-0.1, -0.05) is 7.43 Å². The summed E-state index contributed by atoms with van der Waals surface area (Å²) in [7, 11) is 0. The van der Waals surface area contributed by atoms with Crippen LogP contribution in [0.15, 0.2) is 0 Å². The van der Waals surface area contributed by atoms with E-state index >= 15 is 0 Å². The third kappa shape index (κ3) is 4.04. The van der Waals surface area contributed by atoms with Gasteiger partial charge in [0.15, 0.2) is 0 Å². The maximum atomic E-state index is 5.36. The zero-order chi connectivity index (χ0) is 7.52. The highest BCUT2D eigenvalue weighted by molar-refractivity contribution is 4.69. The molecule has 3 heteroatoms. The van der Waals surface area contributed by atoms with Crippen LogP contribution in [0, 0.1) is 0 Å². The molecule has 0 spiro atoms. The molecular formula is C9H18O3. The van der Waals surface area contributed by atoms with Gasteiger partial charge in [-0.05, 0) is 12.8 Å². The molecule has 12 heavy (non-hydrogen) atoms. The van der Waals surface area contributed by atoms with Crippen LogP contribution in [-0.4, -0.2) is 38.6 Å². The van der Waals surface area contributed by atoms with E-state index in [-0.39, 0.29) is 7.43 Å². The van der Waals surface area contributed by atoms with Gasteiger partial charge < -0.3 is 14.2 Å². The van der Waals surface area contributed by atoms with Crippen molar-refractivity contribution in [3.05, 3.63) is 0 Å². The molecule has 2 rings (SSSR count). The van der Waals surface area contributed by atoms with Gasteiger partial charge in [-0.2, -0.15) is 0 Å². The molecule has 2 atom stereocenters. The Morgan fingerprint density at radius 1 is 1.17 bits per heavy atom. The molecule has 2 aliphatic heterocycles. The Hall–Kier alpha value is -0.120. The van der Waals surface area contributed by atoms with Crippen LogP contribution in [0.5, 0.6) is 0 Å². The highest BCUT2D eigenvalue weighted by atomic mass is 16.6. The quantitative estimate of drug-likeness (QED) is 0.448. The van der Waals surface area contributed by atoms with Gasteiger partial charge in [0.1, 0.15) is 6.10 Å². The molecule has 2 saturated heterocycles. The first-order valence-electron chi connectivity index (χ1n) is 4.26. The van der Waals surface area contributed by atoms with Crippen molar-refractivity contribution in [1.82, 2.24) is 0 Å². The van der Waals surface area contributed by atoms with E-state index in [0.717, 1.165) is 39.3 Å². The summed E-state index contributed by atoms with van der Waals surface area (Å²) in [6.45, 7) is 3.50. The van der Waals surface area contributed by atoms with Crippen LogP contribution >= 0.6 is 0 Å². The minimum absolute atomic E-state index is 0. The summed E-state index contributed by atoms with van der Waals surface area (Å²) in [4.78, 5) is 0. The second-order valence-corrected chi connectivity index (χ2v) is 3.13. The first-order chi connectivity index (χ1) is 5.45. The molecule has 72 valence electrons. The second-order valence-electron chi connectivity index (χ2n) is 3.13. The van der Waals surface area contributed by atoms with Gasteiger partial charge >= 0.3 is 0 Å². The van der Waals surface area contributed by atoms with Crippen molar-refractivity contribution in [2.45, 2.75) is 32.5 Å². The summed E-state index contributed by atoms with van der Waals surface area (Å²) in [5.74, 6) is 0. The summed E-state index contributed by atoms with van der Waals surface area (Å²) >= 11 is 0. The first-order valence-corrected chi connectivity index (χ1v) is 4.26. The summed E-state index contributed by atoms with van der Waals surface area (Å²) in [5.41, 5.74) is 0. The molecule has 0 radical (unpaired) electrons. The molecule has 0 saturated carbocycles. The van der Waals surface area contributed by atoms with Crippen LogP contribution in [0.1, 0.15) is 20.3 Å². The van der Waals surface area contributed by atoms with Gasteiger partial charge in [0.2, 0.25) is 0 Å². The van der Waals surface area contributed by atoms with E-state index in [4.69, 9.17) is 14.2 Å². The van der Waals surface area contributed by atoms with Crippen LogP contribution in [0.3, 0.4) is 0 Å². The maximum Gasteiger partial charge on any atom is 0.104 e. The summed E-state index contributed by atoms with van der Waals surface area (Å²) in [5, 5.41) is 0. The molecule has 0 aromatic rings. The Morgan fingerprint density at radius 2 is 1.83 bits per heavy atom. The standard InChI is InChI=1S/C8H14O3.CH4/c1(2-7-5-10-7)3-9-4-8-6-11-8;/h7-8H,1-6H2;1H4. The van der Waals surface area contributed by atoms with Gasteiger partial charge in [0.25, 0.3) is 0 Å². The maximum absolute atomic E-state index is 5.36. The molecule has 2 heterocycles. The smallest absolute Gasteiger partial charge is 0.104 e. The molecule has 0 amide bonds. The Kier molecular flexibility index (Phi) is 3.98. The average Bonchev–Trinajstić information content (AvgIpc) is 2.83. The SMILES string of the molecule is C.C(COCC1CO1)CC1CO1. The van der Waals surface area contributed by atoms with Crippen molar-refractivity contribution in [1.29, 1.82) is 0 Å². The Morgan fingerprint density at radius 3 is 2.42 bits per heavy atom. The van der Waals surface area contributed by atoms with Crippen molar-refractivity contribution < 1.29 is 14.2 Å². The minimum Gasteiger partial charge on any atom is -0.379 e. The van der Waals surface area contributed by atoms with E-state index in [1.165, 1.54) is 0 Å². The average molecular weight is 174 g/mol. The normalized spacial score (nSPS) is 31.0. The van der Waals surface area contributed by atoms with Crippen molar-refractivity contribution >= 4 is 0 Å². The van der Waals surface area contributed by atoms with E-state index < -0.39 is 0 Å². The molecule has 0 aromatic carbocycles. The predicted molar refractivity (Wildman–Crippen MR) is 46.3 cm³/mol. The Bertz CT molecular complexity index is 105. The Labute approximate surface area is 74.0 Å². The van der Waals surface area contributed by atoms with Gasteiger partial charge in [-0.25, -0.2) is 0 Å². The summed E-state index contributed by atoms with van der Waals surface area (Å²) in [6.07, 6.45) is 3.24. The number of rotatable bonds is 6. The molecule has 0 aliphatic carbocycles. The van der Waals surface area contributed by atoms with E-state index in [2.05, 4.69) is 0 Å². The van der Waals surface area contributed by atoms with Crippen LogP contribution in [0.25, 0.3) is 0 Å². The second kappa shape index (κ2) is 4.80. The summed E-state index contributed by atoms with van der Waals surface area (Å²) < 4.78 is 15.4. The topological polar surface area (TPSA) is 34.3 Å². The Balaban J connectivity index is 0.000000720. The van der Waals surface area contributed by atoms with E-state index in [9.17, 15) is 0 Å². The highest BCUT2D eigenvalue weighted by Gasteiger charge is 2.23. The lowest BCUT2D eigenvalue weighted by Gasteiger charge is -1.99. The van der Waals surface area contributed by atoms with Crippen molar-refractivity contribution in [2.75, 3.05) is 26.4 Å². The lowest BCUT2D eigenvalue weighted by atomic mass is 10.3. The molecular weight excluding hydrogens is 156 g/mol. The fourth-order valence-corrected chi connectivity index (χ4v) is 1.03. The zero-order valence-electron chi connectivity index (χ0n) is 6.62. The van der Waals surface area contributed by atoms with Gasteiger partial charge in [0.05, 0.1) is 25.9 Å². The number of epoxide rings is 2. The van der Waals surface area contributed by atoms with Crippen molar-refractivity contribution in [3.63, 3.8) is 0 Å². The fourth-order valence-electron chi connectivity index (χ4n) is 1.03. The van der Waals surface area contributed by atoms with E-state index in [0.29, 0.717) is 12.2 Å². The molecule has 2 unspecified atom stereocenters. The molecule has 0 aromatic heterocycles. The van der Waals surface area contributed by atoms with Crippen LogP contribution in [-0.2, 0) is 14.2 Å². The summed E-state index contributed by atoms with van der Waals surface area (Å²) in [6, 6.07) is 0. The predicted octanol–water partition coefficient (Wildman–Crippen LogP) is 1.22. The molecule has 3 nitrogen and oxygen atoms in total. The molecule has 2 fully saturated rings. The first kappa shape index (κ1) is 9.96. The van der Waals surface area contributed by atoms with Crippen LogP contribution in [0.4, 0.5) is 0 Å².